The van der Waals surface area contributed by atoms with E-state index in [0.717, 1.165) is 35.3 Å². The van der Waals surface area contributed by atoms with Gasteiger partial charge in [0.2, 0.25) is 0 Å². The molecule has 3 nitrogen and oxygen atoms in total. The van der Waals surface area contributed by atoms with Gasteiger partial charge >= 0.3 is 0 Å². The third kappa shape index (κ3) is 4.25. The van der Waals surface area contributed by atoms with Crippen molar-refractivity contribution in [2.45, 2.75) is 19.3 Å². The van der Waals surface area contributed by atoms with Crippen LogP contribution in [0, 0.1) is 11.7 Å². The van der Waals surface area contributed by atoms with Gasteiger partial charge in [0.25, 0.3) is 0 Å². The minimum atomic E-state index is -0.311. The molecular formula is C22H21ClF2N2O. The van der Waals surface area contributed by atoms with Crippen LogP contribution >= 0.6 is 12.4 Å². The smallest absolute Gasteiger partial charge is 0.130 e. The zero-order valence-electron chi connectivity index (χ0n) is 15.4. The summed E-state index contributed by atoms with van der Waals surface area (Å²) < 4.78 is 32.1. The molecule has 1 unspecified atom stereocenters. The van der Waals surface area contributed by atoms with Gasteiger partial charge in [0.1, 0.15) is 17.4 Å². The van der Waals surface area contributed by atoms with Gasteiger partial charge in [0.15, 0.2) is 0 Å². The van der Waals surface area contributed by atoms with Crippen molar-refractivity contribution in [1.82, 2.24) is 9.97 Å². The Labute approximate surface area is 168 Å². The lowest BCUT2D eigenvalue weighted by Crippen LogP contribution is -2.00. The first-order chi connectivity index (χ1) is 13.1. The van der Waals surface area contributed by atoms with Gasteiger partial charge in [-0.2, -0.15) is 0 Å². The third-order valence-corrected chi connectivity index (χ3v) is 4.90. The number of ether oxygens (including phenoxy) is 1. The van der Waals surface area contributed by atoms with Crippen LogP contribution in [-0.2, 0) is 0 Å². The van der Waals surface area contributed by atoms with Crippen LogP contribution in [0.4, 0.5) is 8.78 Å². The van der Waals surface area contributed by atoms with E-state index in [9.17, 15) is 8.78 Å². The molecule has 1 heterocycles. The summed E-state index contributed by atoms with van der Waals surface area (Å²) in [5.74, 6) is 1.38. The van der Waals surface area contributed by atoms with E-state index in [1.54, 1.807) is 19.3 Å². The van der Waals surface area contributed by atoms with Crippen LogP contribution in [-0.4, -0.2) is 17.1 Å². The normalized spacial score (nSPS) is 16.8. The number of nitrogens with one attached hydrogen (secondary N) is 1. The second-order valence-electron chi connectivity index (χ2n) is 6.74. The second-order valence-corrected chi connectivity index (χ2v) is 6.74. The molecule has 28 heavy (non-hydrogen) atoms. The largest absolute Gasteiger partial charge is 0.496 e. The van der Waals surface area contributed by atoms with Gasteiger partial charge in [-0.15, -0.1) is 12.4 Å². The highest BCUT2D eigenvalue weighted by molar-refractivity contribution is 5.85. The molecule has 1 N–H and O–H groups in total. The third-order valence-electron chi connectivity index (χ3n) is 4.90. The molecule has 0 aliphatic heterocycles. The predicted octanol–water partition coefficient (Wildman–Crippen LogP) is 6.47. The molecule has 6 heteroatoms. The maximum absolute atomic E-state index is 13.7. The van der Waals surface area contributed by atoms with E-state index in [2.05, 4.69) is 16.0 Å². The van der Waals surface area contributed by atoms with Crippen molar-refractivity contribution in [2.75, 3.05) is 7.11 Å². The highest BCUT2D eigenvalue weighted by Gasteiger charge is 2.12. The lowest BCUT2D eigenvalue weighted by Gasteiger charge is -2.14. The minimum Gasteiger partial charge on any atom is -0.496 e. The summed E-state index contributed by atoms with van der Waals surface area (Å²) in [7, 11) is 1.57. The van der Waals surface area contributed by atoms with Crippen LogP contribution in [0.2, 0.25) is 0 Å². The number of aromatic amines is 1. The van der Waals surface area contributed by atoms with Gasteiger partial charge < -0.3 is 9.72 Å². The molecule has 1 aliphatic carbocycles. The summed E-state index contributed by atoms with van der Waals surface area (Å²) in [5.41, 5.74) is 3.24. The van der Waals surface area contributed by atoms with Crippen LogP contribution in [0.1, 0.15) is 25.1 Å². The maximum Gasteiger partial charge on any atom is 0.130 e. The number of hydrogen-bond donors (Lipinski definition) is 1. The molecule has 3 aromatic rings. The molecule has 0 fully saturated rings. The highest BCUT2D eigenvalue weighted by atomic mass is 35.5. The second kappa shape index (κ2) is 8.57. The molecule has 0 amide bonds. The van der Waals surface area contributed by atoms with E-state index in [4.69, 9.17) is 4.74 Å². The number of nitrogens with zero attached hydrogens (tertiary/aromatic N) is 1. The summed E-state index contributed by atoms with van der Waals surface area (Å²) >= 11 is 0. The number of hydrogen-bond acceptors (Lipinski definition) is 2. The van der Waals surface area contributed by atoms with E-state index in [1.165, 1.54) is 12.1 Å². The monoisotopic (exact) mass is 402 g/mol. The lowest BCUT2D eigenvalue weighted by atomic mass is 9.93. The molecule has 0 radical (unpaired) electrons. The van der Waals surface area contributed by atoms with Gasteiger partial charge in [-0.1, -0.05) is 18.2 Å². The van der Waals surface area contributed by atoms with Gasteiger partial charge in [-0.3, -0.25) is 0 Å². The van der Waals surface area contributed by atoms with E-state index in [1.807, 2.05) is 24.3 Å². The number of rotatable bonds is 4. The molecular weight excluding hydrogens is 382 g/mol. The lowest BCUT2D eigenvalue weighted by molar-refractivity contribution is 0.415. The fourth-order valence-corrected chi connectivity index (χ4v) is 3.40. The van der Waals surface area contributed by atoms with Crippen molar-refractivity contribution in [3.8, 4) is 16.9 Å². The number of fused-ring (bicyclic) bond motifs is 1. The Hall–Kier alpha value is -2.66. The summed E-state index contributed by atoms with van der Waals surface area (Å²) in [6.07, 6.45) is 7.75. The number of benzene rings is 2. The summed E-state index contributed by atoms with van der Waals surface area (Å²) in [5, 5.41) is 0. The molecule has 0 saturated carbocycles. The number of allylic oxidation sites excluding steroid dienone is 3. The number of halogens is 3. The SMILES string of the molecule is COc1ccc(F)cc1-c1ccc2[nH]c(C=CC3CC=C(F)CC3)nc2c1.Cl. The molecule has 2 aromatic carbocycles. The molecule has 0 spiro atoms. The molecule has 1 atom stereocenters. The Bertz CT molecular complexity index is 1040. The average molecular weight is 403 g/mol. The highest BCUT2D eigenvalue weighted by Crippen LogP contribution is 2.32. The van der Waals surface area contributed by atoms with Crippen molar-refractivity contribution in [3.05, 3.63) is 66.0 Å². The minimum absolute atomic E-state index is 0. The van der Waals surface area contributed by atoms with E-state index in [-0.39, 0.29) is 24.1 Å². The van der Waals surface area contributed by atoms with Crippen molar-refractivity contribution < 1.29 is 13.5 Å². The Morgan fingerprint density at radius 3 is 2.79 bits per heavy atom. The first-order valence-electron chi connectivity index (χ1n) is 8.99. The Morgan fingerprint density at radius 1 is 1.18 bits per heavy atom. The van der Waals surface area contributed by atoms with Crippen LogP contribution in [0.3, 0.4) is 0 Å². The average Bonchev–Trinajstić information content (AvgIpc) is 3.09. The van der Waals surface area contributed by atoms with Crippen LogP contribution in [0.5, 0.6) is 5.75 Å². The number of imidazole rings is 1. The van der Waals surface area contributed by atoms with Crippen molar-refractivity contribution in [1.29, 1.82) is 0 Å². The van der Waals surface area contributed by atoms with Crippen molar-refractivity contribution in [3.63, 3.8) is 0 Å². The van der Waals surface area contributed by atoms with E-state index >= 15 is 0 Å². The molecule has 0 saturated heterocycles. The standard InChI is InChI=1S/C22H20F2N2O.ClH/c1-27-21-10-8-17(24)13-18(21)15-5-9-19-20(12-15)26-22(25-19)11-4-14-2-6-16(23)7-3-14;/h4-6,8-14H,2-3,7H2,1H3,(H,25,26);1H. The predicted molar refractivity (Wildman–Crippen MR) is 111 cm³/mol. The van der Waals surface area contributed by atoms with Gasteiger partial charge in [0, 0.05) is 5.56 Å². The maximum atomic E-state index is 13.7. The molecule has 1 aromatic heterocycles. The number of aromatic nitrogens is 2. The van der Waals surface area contributed by atoms with Crippen LogP contribution in [0.25, 0.3) is 28.2 Å². The quantitative estimate of drug-likeness (QED) is 0.543. The topological polar surface area (TPSA) is 37.9 Å². The number of H-pyrrole nitrogens is 1. The Balaban J connectivity index is 0.00000225. The van der Waals surface area contributed by atoms with Gasteiger partial charge in [-0.05, 0) is 67.2 Å². The van der Waals surface area contributed by atoms with Crippen molar-refractivity contribution >= 4 is 29.5 Å². The van der Waals surface area contributed by atoms with Crippen molar-refractivity contribution in [2.24, 2.45) is 5.92 Å². The zero-order chi connectivity index (χ0) is 18.8. The van der Waals surface area contributed by atoms with Gasteiger partial charge in [0.05, 0.1) is 24.0 Å². The fourth-order valence-electron chi connectivity index (χ4n) is 3.40. The molecule has 0 bridgehead atoms. The Morgan fingerprint density at radius 2 is 2.04 bits per heavy atom. The molecule has 4 rings (SSSR count). The zero-order valence-corrected chi connectivity index (χ0v) is 16.2. The summed E-state index contributed by atoms with van der Waals surface area (Å²) in [4.78, 5) is 7.88. The first kappa shape index (κ1) is 20.1. The Kier molecular flexibility index (Phi) is 6.15. The van der Waals surface area contributed by atoms with Gasteiger partial charge in [-0.25, -0.2) is 13.8 Å². The van der Waals surface area contributed by atoms with Crippen LogP contribution < -0.4 is 4.74 Å². The first-order valence-corrected chi connectivity index (χ1v) is 8.99. The van der Waals surface area contributed by atoms with E-state index in [0.29, 0.717) is 23.7 Å². The molecule has 146 valence electrons. The number of methoxy groups -OCH3 is 1. The fraction of sp³-hybridized carbons (Fsp3) is 0.227. The summed E-state index contributed by atoms with van der Waals surface area (Å²) in [6.45, 7) is 0. The molecule has 1 aliphatic rings. The summed E-state index contributed by atoms with van der Waals surface area (Å²) in [6, 6.07) is 10.2. The van der Waals surface area contributed by atoms with Crippen LogP contribution in [0.15, 0.2) is 54.4 Å². The van der Waals surface area contributed by atoms with E-state index < -0.39 is 0 Å².